The standard InChI is InChI=1S/C7H14O.C5H10O2S.C5H12.C4H7NS/c1-7(2,3)4-6-5-8-6;1-4-8(6,7)5(2)3;1-4-5(2)3;1-4(2)5-3-6/h6H,4-5H2,1-3H3;4-5H,1H2,2-3H3;5H,4H2,1-3H3;4H,1-2H3. The summed E-state index contributed by atoms with van der Waals surface area (Å²) in [6, 6.07) is 0.308. The second-order valence-electron chi connectivity index (χ2n) is 8.64. The van der Waals surface area contributed by atoms with Crippen LogP contribution in [0.1, 0.15) is 82.1 Å². The fraction of sp³-hybridized carbons (Fsp3) is 0.857. The topological polar surface area (TPSA) is 59.0 Å². The van der Waals surface area contributed by atoms with E-state index in [1.165, 1.54) is 12.8 Å². The SMILES string of the molecule is C=CS(=O)(=O)C(C)C.CC(C)(C)CC1CO1.CC(C)N=C=S.CCC(C)C. The summed E-state index contributed by atoms with van der Waals surface area (Å²) in [6.45, 7) is 24.7. The Balaban J connectivity index is -0.000000290. The molecule has 0 bridgehead atoms. The van der Waals surface area contributed by atoms with Crippen molar-refractivity contribution in [3.63, 3.8) is 0 Å². The maximum atomic E-state index is 10.6. The molecule has 0 aromatic rings. The van der Waals surface area contributed by atoms with Crippen molar-refractivity contribution in [3.8, 4) is 0 Å². The van der Waals surface area contributed by atoms with Gasteiger partial charge in [-0.25, -0.2) is 13.4 Å². The van der Waals surface area contributed by atoms with Gasteiger partial charge in [0.2, 0.25) is 0 Å². The summed E-state index contributed by atoms with van der Waals surface area (Å²) in [7, 11) is -2.97. The van der Waals surface area contributed by atoms with Gasteiger partial charge in [0.05, 0.1) is 29.2 Å². The van der Waals surface area contributed by atoms with Gasteiger partial charge in [0.25, 0.3) is 0 Å². The lowest BCUT2D eigenvalue weighted by atomic mass is 9.91. The molecule has 0 amide bonds. The fourth-order valence-electron chi connectivity index (χ4n) is 1.17. The lowest BCUT2D eigenvalue weighted by Crippen LogP contribution is -2.08. The molecule has 1 unspecified atom stereocenters. The van der Waals surface area contributed by atoms with E-state index < -0.39 is 9.84 Å². The molecule has 1 atom stereocenters. The number of hydrogen-bond acceptors (Lipinski definition) is 5. The zero-order chi connectivity index (χ0) is 22.3. The Hall–Kier alpha value is -0.550. The molecule has 162 valence electrons. The number of isothiocyanates is 1. The minimum atomic E-state index is -2.97. The molecular formula is C21H43NO3S2. The molecule has 0 spiro atoms. The summed E-state index contributed by atoms with van der Waals surface area (Å²) in [5.74, 6) is 0.884. The first-order chi connectivity index (χ1) is 12.1. The maximum Gasteiger partial charge on any atom is 0.173 e. The van der Waals surface area contributed by atoms with Crippen molar-refractivity contribution in [1.82, 2.24) is 0 Å². The van der Waals surface area contributed by atoms with Crippen LogP contribution < -0.4 is 0 Å². The molecule has 1 saturated heterocycles. The van der Waals surface area contributed by atoms with Crippen LogP contribution in [-0.2, 0) is 14.6 Å². The summed E-state index contributed by atoms with van der Waals surface area (Å²) in [5, 5.41) is 2.93. The van der Waals surface area contributed by atoms with Crippen LogP contribution in [0.4, 0.5) is 0 Å². The zero-order valence-electron chi connectivity index (χ0n) is 19.2. The van der Waals surface area contributed by atoms with Gasteiger partial charge in [-0.1, -0.05) is 54.5 Å². The van der Waals surface area contributed by atoms with Crippen LogP contribution in [0.2, 0.25) is 0 Å². The molecule has 0 aromatic heterocycles. The molecule has 1 fully saturated rings. The number of epoxide rings is 1. The molecule has 0 saturated carbocycles. The van der Waals surface area contributed by atoms with Gasteiger partial charge in [-0.15, -0.1) is 0 Å². The molecule has 1 rings (SSSR count). The molecule has 27 heavy (non-hydrogen) atoms. The van der Waals surface area contributed by atoms with Crippen LogP contribution in [0.5, 0.6) is 0 Å². The highest BCUT2D eigenvalue weighted by Gasteiger charge is 2.27. The number of thiocarbonyl (C=S) groups is 1. The van der Waals surface area contributed by atoms with E-state index in [0.717, 1.165) is 17.9 Å². The third-order valence-corrected chi connectivity index (χ3v) is 5.14. The first-order valence-corrected chi connectivity index (χ1v) is 11.7. The number of ether oxygens (including phenoxy) is 1. The summed E-state index contributed by atoms with van der Waals surface area (Å²) >= 11 is 4.31. The summed E-state index contributed by atoms with van der Waals surface area (Å²) in [4.78, 5) is 3.69. The molecule has 0 aromatic carbocycles. The summed E-state index contributed by atoms with van der Waals surface area (Å²) < 4.78 is 26.2. The summed E-state index contributed by atoms with van der Waals surface area (Å²) in [6.07, 6.45) is 3.11. The van der Waals surface area contributed by atoms with Crippen LogP contribution in [0.3, 0.4) is 0 Å². The minimum Gasteiger partial charge on any atom is -0.373 e. The maximum absolute atomic E-state index is 10.6. The van der Waals surface area contributed by atoms with Crippen molar-refractivity contribution in [1.29, 1.82) is 0 Å². The molecule has 0 radical (unpaired) electrons. The van der Waals surface area contributed by atoms with E-state index in [2.05, 4.69) is 70.5 Å². The van der Waals surface area contributed by atoms with Gasteiger partial charge in [0.15, 0.2) is 9.84 Å². The Bertz CT molecular complexity index is 508. The second-order valence-corrected chi connectivity index (χ2v) is 11.3. The van der Waals surface area contributed by atoms with Crippen molar-refractivity contribution in [2.75, 3.05) is 6.61 Å². The molecular weight excluding hydrogens is 378 g/mol. The molecule has 1 aliphatic rings. The number of sulfone groups is 1. The van der Waals surface area contributed by atoms with E-state index in [1.807, 2.05) is 13.8 Å². The van der Waals surface area contributed by atoms with E-state index in [1.54, 1.807) is 13.8 Å². The van der Waals surface area contributed by atoms with Crippen molar-refractivity contribution in [2.24, 2.45) is 16.3 Å². The van der Waals surface area contributed by atoms with Crippen LogP contribution in [0.25, 0.3) is 0 Å². The van der Waals surface area contributed by atoms with Crippen molar-refractivity contribution >= 4 is 27.2 Å². The number of hydrogen-bond donors (Lipinski definition) is 0. The van der Waals surface area contributed by atoms with E-state index in [0.29, 0.717) is 17.6 Å². The van der Waals surface area contributed by atoms with Gasteiger partial charge in [-0.2, -0.15) is 0 Å². The van der Waals surface area contributed by atoms with Gasteiger partial charge in [0.1, 0.15) is 0 Å². The highest BCUT2D eigenvalue weighted by Crippen LogP contribution is 2.27. The van der Waals surface area contributed by atoms with Crippen LogP contribution in [0.15, 0.2) is 17.0 Å². The molecule has 1 heterocycles. The molecule has 1 aliphatic heterocycles. The number of rotatable bonds is 5. The van der Waals surface area contributed by atoms with Crippen LogP contribution in [0, 0.1) is 11.3 Å². The Kier molecular flexibility index (Phi) is 18.9. The van der Waals surface area contributed by atoms with E-state index in [-0.39, 0.29) is 5.25 Å². The Labute approximate surface area is 174 Å². The first-order valence-electron chi connectivity index (χ1n) is 9.67. The van der Waals surface area contributed by atoms with Gasteiger partial charge in [0, 0.05) is 5.41 Å². The molecule has 4 nitrogen and oxygen atoms in total. The third-order valence-electron chi connectivity index (χ3n) is 3.26. The first kappa shape index (κ1) is 31.2. The van der Waals surface area contributed by atoms with Gasteiger partial charge < -0.3 is 4.74 Å². The van der Waals surface area contributed by atoms with Gasteiger partial charge in [-0.3, -0.25) is 0 Å². The average Bonchev–Trinajstić information content (AvgIpc) is 3.30. The zero-order valence-corrected chi connectivity index (χ0v) is 20.8. The third kappa shape index (κ3) is 30.4. The number of nitrogens with zero attached hydrogens (tertiary/aromatic N) is 1. The van der Waals surface area contributed by atoms with Crippen LogP contribution in [-0.4, -0.2) is 37.6 Å². The second kappa shape index (κ2) is 16.4. The Morgan fingerprint density at radius 1 is 1.22 bits per heavy atom. The highest BCUT2D eigenvalue weighted by atomic mass is 32.2. The van der Waals surface area contributed by atoms with Crippen molar-refractivity contribution < 1.29 is 13.2 Å². The monoisotopic (exact) mass is 421 g/mol. The Morgan fingerprint density at radius 2 is 1.63 bits per heavy atom. The highest BCUT2D eigenvalue weighted by molar-refractivity contribution is 7.94. The predicted octanol–water partition coefficient (Wildman–Crippen LogP) is 6.32. The van der Waals surface area contributed by atoms with Gasteiger partial charge >= 0.3 is 0 Å². The lowest BCUT2D eigenvalue weighted by Gasteiger charge is -2.15. The van der Waals surface area contributed by atoms with Crippen LogP contribution >= 0.6 is 12.2 Å². The molecule has 6 heteroatoms. The van der Waals surface area contributed by atoms with E-state index in [9.17, 15) is 8.42 Å². The number of aliphatic imine (C=N–C) groups is 1. The predicted molar refractivity (Wildman–Crippen MR) is 123 cm³/mol. The van der Waals surface area contributed by atoms with Crippen molar-refractivity contribution in [2.45, 2.75) is 99.5 Å². The molecule has 0 aliphatic carbocycles. The normalized spacial score (nSPS) is 15.4. The van der Waals surface area contributed by atoms with Crippen molar-refractivity contribution in [3.05, 3.63) is 12.0 Å². The van der Waals surface area contributed by atoms with E-state index in [4.69, 9.17) is 4.74 Å². The van der Waals surface area contributed by atoms with Gasteiger partial charge in [-0.05, 0) is 57.7 Å². The molecule has 0 N–H and O–H groups in total. The largest absolute Gasteiger partial charge is 0.373 e. The average molecular weight is 422 g/mol. The minimum absolute atomic E-state index is 0.308. The lowest BCUT2D eigenvalue weighted by molar-refractivity contribution is 0.300. The Morgan fingerprint density at radius 3 is 1.67 bits per heavy atom. The van der Waals surface area contributed by atoms with E-state index >= 15 is 0 Å². The fourth-order valence-corrected chi connectivity index (χ4v) is 1.76. The summed E-state index contributed by atoms with van der Waals surface area (Å²) in [5.41, 5.74) is 0.459. The smallest absolute Gasteiger partial charge is 0.173 e. The quantitative estimate of drug-likeness (QED) is 0.296.